The maximum atomic E-state index is 13.5. The van der Waals surface area contributed by atoms with Gasteiger partial charge in [0.1, 0.15) is 5.75 Å². The van der Waals surface area contributed by atoms with Gasteiger partial charge < -0.3 is 9.64 Å². The molecule has 140 valence electrons. The fraction of sp³-hybridized carbons (Fsp3) is 0.240. The van der Waals surface area contributed by atoms with E-state index in [1.807, 2.05) is 42.5 Å². The maximum Gasteiger partial charge on any atom is 0.255 e. The van der Waals surface area contributed by atoms with Crippen LogP contribution in [0, 0.1) is 0 Å². The highest BCUT2D eigenvalue weighted by atomic mass is 16.5. The fourth-order valence-electron chi connectivity index (χ4n) is 5.10. The first-order chi connectivity index (χ1) is 13.6. The fourth-order valence-corrected chi connectivity index (χ4v) is 5.10. The van der Waals surface area contributed by atoms with E-state index in [1.165, 1.54) is 11.1 Å². The van der Waals surface area contributed by atoms with Gasteiger partial charge in [0.05, 0.1) is 13.2 Å². The van der Waals surface area contributed by atoms with E-state index in [4.69, 9.17) is 4.74 Å². The lowest BCUT2D eigenvalue weighted by Gasteiger charge is -2.45. The third kappa shape index (κ3) is 2.39. The molecule has 2 aliphatic rings. The highest BCUT2D eigenvalue weighted by molar-refractivity contribution is 5.98. The Kier molecular flexibility index (Phi) is 3.80. The summed E-state index contributed by atoms with van der Waals surface area (Å²) in [4.78, 5) is 15.6. The molecule has 0 saturated heterocycles. The Bertz CT molecular complexity index is 1060. The van der Waals surface area contributed by atoms with Gasteiger partial charge in [0.2, 0.25) is 0 Å². The van der Waals surface area contributed by atoms with Gasteiger partial charge in [0.25, 0.3) is 5.91 Å². The monoisotopic (exact) mass is 369 g/mol. The zero-order valence-electron chi connectivity index (χ0n) is 16.2. The van der Waals surface area contributed by atoms with Gasteiger partial charge in [0, 0.05) is 17.5 Å². The smallest absolute Gasteiger partial charge is 0.255 e. The standard InChI is InChI=1S/C25H23NO2/c1-25-15-18-14-19(28-2)12-13-20(18)23(25)26(16-17-8-4-3-5-9-17)24(27)21-10-6-7-11-22(21)25/h3-14,23H,15-16H2,1-2H3/t23?,25-/m1/s1. The number of hydrogen-bond donors (Lipinski definition) is 0. The van der Waals surface area contributed by atoms with Gasteiger partial charge in [-0.1, -0.05) is 61.5 Å². The SMILES string of the molecule is COc1ccc2c(c1)C[C@]1(C)c3ccccc3C(=O)N(Cc3ccccc3)C21. The summed E-state index contributed by atoms with van der Waals surface area (Å²) >= 11 is 0. The Morgan fingerprint density at radius 3 is 2.57 bits per heavy atom. The van der Waals surface area contributed by atoms with Crippen LogP contribution in [0.1, 0.15) is 45.6 Å². The molecule has 0 saturated carbocycles. The molecular formula is C25H23NO2. The highest BCUT2D eigenvalue weighted by Gasteiger charge is 2.52. The molecule has 5 rings (SSSR count). The molecule has 3 nitrogen and oxygen atoms in total. The number of amides is 1. The average Bonchev–Trinajstić information content (AvgIpc) is 3.04. The first kappa shape index (κ1) is 17.1. The molecule has 2 atom stereocenters. The van der Waals surface area contributed by atoms with Gasteiger partial charge in [-0.25, -0.2) is 0 Å². The second kappa shape index (κ2) is 6.23. The Morgan fingerprint density at radius 1 is 1.04 bits per heavy atom. The van der Waals surface area contributed by atoms with E-state index in [0.29, 0.717) is 6.54 Å². The summed E-state index contributed by atoms with van der Waals surface area (Å²) in [5.74, 6) is 0.987. The van der Waals surface area contributed by atoms with Crippen molar-refractivity contribution in [3.05, 3.63) is 101 Å². The first-order valence-corrected chi connectivity index (χ1v) is 9.73. The number of carbonyl (C=O) groups excluding carboxylic acids is 1. The van der Waals surface area contributed by atoms with Crippen molar-refractivity contribution in [2.45, 2.75) is 31.3 Å². The minimum atomic E-state index is -0.145. The van der Waals surface area contributed by atoms with E-state index in [1.54, 1.807) is 7.11 Å². The molecule has 3 aromatic carbocycles. The van der Waals surface area contributed by atoms with Gasteiger partial charge in [-0.2, -0.15) is 0 Å². The van der Waals surface area contributed by atoms with Crippen molar-refractivity contribution in [3.8, 4) is 5.75 Å². The van der Waals surface area contributed by atoms with E-state index in [-0.39, 0.29) is 17.4 Å². The topological polar surface area (TPSA) is 29.5 Å². The lowest BCUT2D eigenvalue weighted by Crippen LogP contribution is -2.48. The molecule has 0 N–H and O–H groups in total. The van der Waals surface area contributed by atoms with E-state index < -0.39 is 0 Å². The van der Waals surface area contributed by atoms with Crippen LogP contribution in [-0.4, -0.2) is 17.9 Å². The molecule has 0 fully saturated rings. The molecule has 3 aromatic rings. The van der Waals surface area contributed by atoms with Crippen LogP contribution in [0.5, 0.6) is 5.75 Å². The van der Waals surface area contributed by atoms with E-state index in [2.05, 4.69) is 42.2 Å². The Balaban J connectivity index is 1.69. The molecule has 0 bridgehead atoms. The predicted molar refractivity (Wildman–Crippen MR) is 110 cm³/mol. The first-order valence-electron chi connectivity index (χ1n) is 9.73. The molecule has 1 aliphatic carbocycles. The maximum absolute atomic E-state index is 13.5. The van der Waals surface area contributed by atoms with Gasteiger partial charge in [0.15, 0.2) is 0 Å². The van der Waals surface area contributed by atoms with Gasteiger partial charge >= 0.3 is 0 Å². The molecular weight excluding hydrogens is 346 g/mol. The highest BCUT2D eigenvalue weighted by Crippen LogP contribution is 2.55. The van der Waals surface area contributed by atoms with Crippen molar-refractivity contribution in [1.29, 1.82) is 0 Å². The minimum Gasteiger partial charge on any atom is -0.497 e. The zero-order chi connectivity index (χ0) is 19.3. The second-order valence-electron chi connectivity index (χ2n) is 8.03. The molecule has 1 amide bonds. The van der Waals surface area contributed by atoms with Crippen LogP contribution < -0.4 is 4.74 Å². The van der Waals surface area contributed by atoms with E-state index in [0.717, 1.165) is 28.9 Å². The third-order valence-electron chi connectivity index (χ3n) is 6.35. The summed E-state index contributed by atoms with van der Waals surface area (Å²) in [6.45, 7) is 2.91. The predicted octanol–water partition coefficient (Wildman–Crippen LogP) is 4.91. The van der Waals surface area contributed by atoms with Crippen LogP contribution >= 0.6 is 0 Å². The number of hydrogen-bond acceptors (Lipinski definition) is 2. The lowest BCUT2D eigenvalue weighted by molar-refractivity contribution is 0.0517. The van der Waals surface area contributed by atoms with Crippen molar-refractivity contribution in [3.63, 3.8) is 0 Å². The number of carbonyl (C=O) groups is 1. The number of rotatable bonds is 3. The third-order valence-corrected chi connectivity index (χ3v) is 6.35. The number of benzene rings is 3. The zero-order valence-corrected chi connectivity index (χ0v) is 16.2. The van der Waals surface area contributed by atoms with Crippen molar-refractivity contribution in [1.82, 2.24) is 4.90 Å². The summed E-state index contributed by atoms with van der Waals surface area (Å²) in [5, 5.41) is 0. The molecule has 1 unspecified atom stereocenters. The van der Waals surface area contributed by atoms with Crippen molar-refractivity contribution in [2.24, 2.45) is 0 Å². The molecule has 1 heterocycles. The van der Waals surface area contributed by atoms with Gasteiger partial charge in [-0.05, 0) is 46.9 Å². The summed E-state index contributed by atoms with van der Waals surface area (Å²) < 4.78 is 5.46. The molecule has 28 heavy (non-hydrogen) atoms. The van der Waals surface area contributed by atoms with Gasteiger partial charge in [-0.15, -0.1) is 0 Å². The summed E-state index contributed by atoms with van der Waals surface area (Å²) in [5.41, 5.74) is 5.51. The largest absolute Gasteiger partial charge is 0.497 e. The Labute approximate surface area is 165 Å². The Hall–Kier alpha value is -3.07. The van der Waals surface area contributed by atoms with E-state index in [9.17, 15) is 4.79 Å². The molecule has 0 aromatic heterocycles. The van der Waals surface area contributed by atoms with Crippen LogP contribution in [0.4, 0.5) is 0 Å². The summed E-state index contributed by atoms with van der Waals surface area (Å²) in [6, 6.07) is 24.7. The van der Waals surface area contributed by atoms with Crippen molar-refractivity contribution in [2.75, 3.05) is 7.11 Å². The second-order valence-corrected chi connectivity index (χ2v) is 8.03. The molecule has 3 heteroatoms. The number of nitrogens with zero attached hydrogens (tertiary/aromatic N) is 1. The van der Waals surface area contributed by atoms with Crippen LogP contribution in [-0.2, 0) is 18.4 Å². The molecule has 1 aliphatic heterocycles. The number of ether oxygens (including phenoxy) is 1. The minimum absolute atomic E-state index is 0.0241. The van der Waals surface area contributed by atoms with Crippen molar-refractivity contribution < 1.29 is 9.53 Å². The average molecular weight is 369 g/mol. The number of fused-ring (bicyclic) bond motifs is 5. The molecule has 0 spiro atoms. The normalized spacial score (nSPS) is 22.4. The van der Waals surface area contributed by atoms with E-state index >= 15 is 0 Å². The van der Waals surface area contributed by atoms with Crippen LogP contribution in [0.3, 0.4) is 0 Å². The lowest BCUT2D eigenvalue weighted by atomic mass is 9.71. The van der Waals surface area contributed by atoms with Gasteiger partial charge in [-0.3, -0.25) is 4.79 Å². The Morgan fingerprint density at radius 2 is 1.79 bits per heavy atom. The molecule has 0 radical (unpaired) electrons. The quantitative estimate of drug-likeness (QED) is 0.657. The van der Waals surface area contributed by atoms with Crippen LogP contribution in [0.25, 0.3) is 0 Å². The van der Waals surface area contributed by atoms with Crippen LogP contribution in [0.15, 0.2) is 72.8 Å². The van der Waals surface area contributed by atoms with Crippen LogP contribution in [0.2, 0.25) is 0 Å². The summed E-state index contributed by atoms with van der Waals surface area (Å²) in [6.07, 6.45) is 0.903. The van der Waals surface area contributed by atoms with Crippen molar-refractivity contribution >= 4 is 5.91 Å². The summed E-state index contributed by atoms with van der Waals surface area (Å²) in [7, 11) is 1.70. The number of methoxy groups -OCH3 is 1.